The fraction of sp³-hybridized carbons (Fsp3) is 0.261. The second-order valence-corrected chi connectivity index (χ2v) is 10.8. The van der Waals surface area contributed by atoms with Gasteiger partial charge in [-0.1, -0.05) is 36.1 Å². The largest absolute Gasteiger partial charge is 0.726 e. The Labute approximate surface area is 226 Å². The molecule has 0 bridgehead atoms. The highest BCUT2D eigenvalue weighted by Gasteiger charge is 2.24. The number of aryl methyl sites for hydroxylation is 2. The predicted molar refractivity (Wildman–Crippen MR) is 145 cm³/mol. The van der Waals surface area contributed by atoms with E-state index in [1.807, 2.05) is 25.2 Å². The molecule has 3 aromatic rings. The van der Waals surface area contributed by atoms with Crippen LogP contribution in [0.2, 0.25) is 0 Å². The van der Waals surface area contributed by atoms with E-state index in [0.29, 0.717) is 6.42 Å². The topological polar surface area (TPSA) is 169 Å². The first kappa shape index (κ1) is 29.2. The van der Waals surface area contributed by atoms with Crippen molar-refractivity contribution in [1.82, 2.24) is 0 Å². The van der Waals surface area contributed by atoms with Crippen molar-refractivity contribution in [3.63, 3.8) is 0 Å². The summed E-state index contributed by atoms with van der Waals surface area (Å²) in [6.45, 7) is 6.15. The van der Waals surface area contributed by atoms with Crippen LogP contribution in [0.1, 0.15) is 31.3 Å². The summed E-state index contributed by atoms with van der Waals surface area (Å²) in [5.74, 6) is 0. The van der Waals surface area contributed by atoms with E-state index in [-0.39, 0.29) is 22.9 Å². The monoisotopic (exact) mass is 580 g/mol. The summed E-state index contributed by atoms with van der Waals surface area (Å²) in [5.41, 5.74) is 3.04. The molecule has 0 aliphatic carbocycles. The van der Waals surface area contributed by atoms with Gasteiger partial charge in [0.05, 0.1) is 27.2 Å². The number of non-ortho nitro benzene ring substituents is 2. The van der Waals surface area contributed by atoms with Gasteiger partial charge in [0.15, 0.2) is 0 Å². The molecule has 0 radical (unpaired) electrons. The molecule has 2 aromatic carbocycles. The number of nitro benzene ring substituents is 2. The van der Waals surface area contributed by atoms with Gasteiger partial charge >= 0.3 is 0 Å². The van der Waals surface area contributed by atoms with Crippen molar-refractivity contribution in [2.24, 2.45) is 0 Å². The molecule has 0 saturated heterocycles. The molecule has 1 N–H and O–H groups in total. The molecule has 38 heavy (non-hydrogen) atoms. The molecule has 1 aliphatic heterocycles. The normalized spacial score (nSPS) is 13.8. The standard InChI is InChI=1S/C21H18N4O4S2.C2H6O4S/c1-3-13-10-15(25(28)29)12-18-21(13)23(4-2)20(31-18)7-5-6-19-22-16-9-8-14(24(26)27)11-17(16)30-19;1-2-6-7(3,4)5/h5-12H,3-4H2,1-2H3;2H2,1H3,(H,3,4,5). The summed E-state index contributed by atoms with van der Waals surface area (Å²) >= 11 is 2.97. The minimum absolute atomic E-state index is 0.0694. The molecule has 0 fully saturated rings. The summed E-state index contributed by atoms with van der Waals surface area (Å²) in [7, 11) is -4.42. The quantitative estimate of drug-likeness (QED) is 0.124. The fourth-order valence-corrected chi connectivity index (χ4v) is 6.11. The lowest BCUT2D eigenvalue weighted by Gasteiger charge is -2.02. The lowest BCUT2D eigenvalue weighted by molar-refractivity contribution is -0.665. The number of thioether (sulfide) groups is 1. The fourth-order valence-electron chi connectivity index (χ4n) is 3.65. The van der Waals surface area contributed by atoms with E-state index in [4.69, 9.17) is 0 Å². The Kier molecular flexibility index (Phi) is 9.56. The second-order valence-electron chi connectivity index (χ2n) is 7.62. The highest BCUT2D eigenvalue weighted by Crippen LogP contribution is 2.42. The van der Waals surface area contributed by atoms with E-state index in [1.165, 1.54) is 36.1 Å². The van der Waals surface area contributed by atoms with Crippen LogP contribution < -0.4 is 9.88 Å². The number of rotatable bonds is 8. The van der Waals surface area contributed by atoms with Gasteiger partial charge in [0, 0.05) is 40.8 Å². The zero-order chi connectivity index (χ0) is 28.0. The Morgan fingerprint density at radius 2 is 1.79 bits per heavy atom. The molecule has 4 rings (SSSR count). The highest BCUT2D eigenvalue weighted by molar-refractivity contribution is 8.03. The summed E-state index contributed by atoms with van der Waals surface area (Å²) in [5, 5.41) is 27.4. The molecular weight excluding hydrogens is 556 g/mol. The minimum Gasteiger partial charge on any atom is -0.726 e. The van der Waals surface area contributed by atoms with Crippen molar-refractivity contribution < 1.29 is 31.6 Å². The molecule has 2 heterocycles. The second kappa shape index (κ2) is 12.4. The lowest BCUT2D eigenvalue weighted by atomic mass is 10.1. The first-order valence-corrected chi connectivity index (χ1v) is 14.3. The Balaban J connectivity index is 0.000000505. The molecule has 0 saturated carbocycles. The Hall–Kier alpha value is -3.37. The number of allylic oxidation sites excluding steroid dienone is 2. The number of benzene rings is 2. The number of fused-ring (bicyclic) bond motifs is 2. The van der Waals surface area contributed by atoms with Crippen LogP contribution in [0.15, 0.2) is 52.4 Å². The van der Waals surface area contributed by atoms with Crippen LogP contribution in [0.3, 0.4) is 0 Å². The van der Waals surface area contributed by atoms with E-state index < -0.39 is 15.3 Å². The van der Waals surface area contributed by atoms with E-state index >= 15 is 0 Å². The molecule has 1 aromatic heterocycles. The van der Waals surface area contributed by atoms with Crippen molar-refractivity contribution in [3.8, 4) is 0 Å². The number of thiazole rings is 1. The number of aromatic nitrogens is 1. The van der Waals surface area contributed by atoms with Crippen LogP contribution in [0, 0.1) is 20.2 Å². The zero-order valence-electron chi connectivity index (χ0n) is 20.6. The van der Waals surface area contributed by atoms with Gasteiger partial charge in [-0.2, -0.15) is 4.57 Å². The van der Waals surface area contributed by atoms with Gasteiger partial charge in [-0.15, -0.1) is 0 Å². The summed E-state index contributed by atoms with van der Waals surface area (Å²) < 4.78 is 35.1. The highest BCUT2D eigenvalue weighted by atomic mass is 32.3. The molecule has 0 amide bonds. The number of hydrogen-bond donors (Lipinski definition) is 1. The minimum atomic E-state index is -4.42. The number of hydrogen-bond acceptors (Lipinski definition) is 11. The first-order chi connectivity index (χ1) is 18.0. The number of nitro groups is 2. The third kappa shape index (κ3) is 7.14. The van der Waals surface area contributed by atoms with E-state index in [1.54, 1.807) is 24.3 Å². The van der Waals surface area contributed by atoms with Gasteiger partial charge in [0.2, 0.25) is 15.9 Å². The summed E-state index contributed by atoms with van der Waals surface area (Å²) in [6.07, 6.45) is 6.55. The van der Waals surface area contributed by atoms with Crippen LogP contribution in [-0.4, -0.2) is 29.4 Å². The average molecular weight is 581 g/mol. The third-order valence-electron chi connectivity index (χ3n) is 5.20. The van der Waals surface area contributed by atoms with Crippen molar-refractivity contribution in [2.45, 2.75) is 38.6 Å². The van der Waals surface area contributed by atoms with Crippen molar-refractivity contribution >= 4 is 66.9 Å². The maximum Gasteiger partial charge on any atom is 0.271 e. The van der Waals surface area contributed by atoms with E-state index in [9.17, 15) is 33.2 Å². The Morgan fingerprint density at radius 1 is 1.08 bits per heavy atom. The maximum atomic E-state index is 11.3. The molecule has 12 nitrogen and oxygen atoms in total. The van der Waals surface area contributed by atoms with Gasteiger partial charge < -0.3 is 9.87 Å². The SMILES string of the molecule is CCOS(=O)(=O)[O-].CCc1cc([N+](=O)[O-])cc2sc(C=CC=C3Nc4ccc([N+](=O)[O-])cc4S3)[n+](CC)c12. The van der Waals surface area contributed by atoms with Crippen LogP contribution >= 0.6 is 23.1 Å². The smallest absolute Gasteiger partial charge is 0.271 e. The van der Waals surface area contributed by atoms with Gasteiger partial charge in [0.25, 0.3) is 16.4 Å². The van der Waals surface area contributed by atoms with Crippen molar-refractivity contribution in [2.75, 3.05) is 11.9 Å². The number of nitrogens with one attached hydrogen (secondary N) is 1. The third-order valence-corrected chi connectivity index (χ3v) is 7.84. The zero-order valence-corrected chi connectivity index (χ0v) is 23.0. The van der Waals surface area contributed by atoms with Crippen molar-refractivity contribution in [3.05, 3.63) is 78.3 Å². The lowest BCUT2D eigenvalue weighted by Crippen LogP contribution is -2.34. The number of nitrogens with zero attached hydrogens (tertiary/aromatic N) is 3. The van der Waals surface area contributed by atoms with E-state index in [0.717, 1.165) is 42.9 Å². The van der Waals surface area contributed by atoms with Crippen LogP contribution in [0.4, 0.5) is 17.1 Å². The van der Waals surface area contributed by atoms with Gasteiger partial charge in [-0.3, -0.25) is 24.4 Å². The maximum absolute atomic E-state index is 11.3. The Bertz CT molecular complexity index is 1550. The molecule has 0 spiro atoms. The van der Waals surface area contributed by atoms with Gasteiger partial charge in [-0.05, 0) is 32.4 Å². The van der Waals surface area contributed by atoms with Crippen LogP contribution in [0.5, 0.6) is 0 Å². The number of anilines is 1. The molecule has 0 atom stereocenters. The van der Waals surface area contributed by atoms with Gasteiger partial charge in [0.1, 0.15) is 11.2 Å². The molecule has 1 aliphatic rings. The summed E-state index contributed by atoms with van der Waals surface area (Å²) in [6, 6.07) is 8.05. The van der Waals surface area contributed by atoms with Crippen LogP contribution in [-0.2, 0) is 27.5 Å². The Morgan fingerprint density at radius 3 is 2.34 bits per heavy atom. The van der Waals surface area contributed by atoms with Gasteiger partial charge in [-0.25, -0.2) is 8.42 Å². The predicted octanol–water partition coefficient (Wildman–Crippen LogP) is 5.14. The molecule has 15 heteroatoms. The van der Waals surface area contributed by atoms with Crippen LogP contribution in [0.25, 0.3) is 16.3 Å². The average Bonchev–Trinajstić information content (AvgIpc) is 3.42. The molecule has 0 unspecified atom stereocenters. The van der Waals surface area contributed by atoms with Crippen molar-refractivity contribution in [1.29, 1.82) is 0 Å². The summed E-state index contributed by atoms with van der Waals surface area (Å²) in [4.78, 5) is 22.3. The molecule has 202 valence electrons. The first-order valence-electron chi connectivity index (χ1n) is 11.3. The van der Waals surface area contributed by atoms with E-state index in [2.05, 4.69) is 21.0 Å². The molecular formula is C23H24N4O8S3.